The molecule has 28 heavy (non-hydrogen) atoms. The number of carbonyl (C=O) groups is 1. The zero-order chi connectivity index (χ0) is 19.7. The van der Waals surface area contributed by atoms with Crippen molar-refractivity contribution in [1.82, 2.24) is 19.8 Å². The third kappa shape index (κ3) is 3.44. The number of hydrogen-bond acceptors (Lipinski definition) is 4. The Bertz CT molecular complexity index is 994. The number of aromatic nitrogens is 3. The molecule has 0 aliphatic carbocycles. The normalized spacial score (nSPS) is 17.5. The lowest BCUT2D eigenvalue weighted by Gasteiger charge is -2.29. The first-order valence-electron chi connectivity index (χ1n) is 9.58. The van der Waals surface area contributed by atoms with Crippen LogP contribution in [0.1, 0.15) is 53.5 Å². The Kier molecular flexibility index (Phi) is 5.22. The summed E-state index contributed by atoms with van der Waals surface area (Å²) in [5.74, 6) is 0.426. The number of hydrogen-bond donors (Lipinski definition) is 0. The van der Waals surface area contributed by atoms with Gasteiger partial charge in [-0.05, 0) is 31.9 Å². The maximum Gasteiger partial charge on any atom is 0.260 e. The fourth-order valence-electron chi connectivity index (χ4n) is 3.87. The van der Waals surface area contributed by atoms with Crippen LogP contribution in [0.15, 0.2) is 41.1 Å². The highest BCUT2D eigenvalue weighted by atomic mass is 35.5. The highest BCUT2D eigenvalue weighted by Gasteiger charge is 2.33. The van der Waals surface area contributed by atoms with Crippen molar-refractivity contribution in [3.05, 3.63) is 58.6 Å². The van der Waals surface area contributed by atoms with Crippen LogP contribution in [0.3, 0.4) is 0 Å². The van der Waals surface area contributed by atoms with Gasteiger partial charge in [-0.15, -0.1) is 0 Å². The van der Waals surface area contributed by atoms with Gasteiger partial charge in [-0.2, -0.15) is 5.10 Å². The fourth-order valence-corrected chi connectivity index (χ4v) is 4.10. The minimum Gasteiger partial charge on any atom is -0.360 e. The second-order valence-corrected chi connectivity index (χ2v) is 7.63. The number of carbonyl (C=O) groups excluding carboxylic acids is 1. The van der Waals surface area contributed by atoms with E-state index in [9.17, 15) is 4.79 Å². The van der Waals surface area contributed by atoms with E-state index >= 15 is 0 Å². The van der Waals surface area contributed by atoms with Gasteiger partial charge in [0, 0.05) is 25.4 Å². The summed E-state index contributed by atoms with van der Waals surface area (Å²) in [6, 6.07) is 9.32. The van der Waals surface area contributed by atoms with Gasteiger partial charge in [-0.3, -0.25) is 9.48 Å². The first-order chi connectivity index (χ1) is 13.6. The van der Waals surface area contributed by atoms with Crippen LogP contribution in [0.4, 0.5) is 0 Å². The van der Waals surface area contributed by atoms with Crippen LogP contribution >= 0.6 is 11.6 Å². The average Bonchev–Trinajstić information content (AvgIpc) is 3.19. The van der Waals surface area contributed by atoms with E-state index in [0.717, 1.165) is 31.4 Å². The van der Waals surface area contributed by atoms with E-state index in [0.29, 0.717) is 34.1 Å². The molecule has 1 saturated heterocycles. The number of halogens is 1. The topological polar surface area (TPSA) is 64.2 Å². The second kappa shape index (κ2) is 7.80. The Morgan fingerprint density at radius 3 is 2.79 bits per heavy atom. The summed E-state index contributed by atoms with van der Waals surface area (Å²) in [6.07, 6.45) is 5.97. The summed E-state index contributed by atoms with van der Waals surface area (Å²) in [6.45, 7) is 2.46. The summed E-state index contributed by atoms with van der Waals surface area (Å²) >= 11 is 6.36. The van der Waals surface area contributed by atoms with Crippen molar-refractivity contribution in [2.24, 2.45) is 7.05 Å². The molecule has 3 aromatic rings. The number of amides is 1. The van der Waals surface area contributed by atoms with Crippen LogP contribution in [0.5, 0.6) is 0 Å². The molecule has 0 N–H and O–H groups in total. The molecular weight excluding hydrogens is 376 g/mol. The maximum absolute atomic E-state index is 13.7. The van der Waals surface area contributed by atoms with E-state index < -0.39 is 0 Å². The Hall–Kier alpha value is -2.60. The van der Waals surface area contributed by atoms with Gasteiger partial charge in [-0.1, -0.05) is 47.8 Å². The summed E-state index contributed by atoms with van der Waals surface area (Å²) in [5.41, 5.74) is 2.60. The molecular formula is C21H23ClN4O2. The molecule has 1 aromatic carbocycles. The predicted octanol–water partition coefficient (Wildman–Crippen LogP) is 4.79. The van der Waals surface area contributed by atoms with Gasteiger partial charge in [0.15, 0.2) is 0 Å². The number of benzene rings is 1. The smallest absolute Gasteiger partial charge is 0.260 e. The summed E-state index contributed by atoms with van der Waals surface area (Å²) < 4.78 is 7.20. The predicted molar refractivity (Wildman–Crippen MR) is 107 cm³/mol. The lowest BCUT2D eigenvalue weighted by Crippen LogP contribution is -2.35. The molecule has 1 aliphatic rings. The molecule has 4 rings (SSSR count). The quantitative estimate of drug-likeness (QED) is 0.636. The molecule has 2 aromatic heterocycles. The molecule has 146 valence electrons. The highest BCUT2D eigenvalue weighted by molar-refractivity contribution is 6.33. The minimum atomic E-state index is -0.0776. The van der Waals surface area contributed by atoms with Crippen molar-refractivity contribution in [3.8, 4) is 11.3 Å². The van der Waals surface area contributed by atoms with Gasteiger partial charge < -0.3 is 9.42 Å². The van der Waals surface area contributed by atoms with Crippen LogP contribution in [0.2, 0.25) is 5.02 Å². The summed E-state index contributed by atoms with van der Waals surface area (Å²) in [7, 11) is 1.89. The van der Waals surface area contributed by atoms with Gasteiger partial charge in [-0.25, -0.2) is 0 Å². The van der Waals surface area contributed by atoms with Gasteiger partial charge in [0.1, 0.15) is 17.0 Å². The Labute approximate surface area is 169 Å². The molecule has 1 unspecified atom stereocenters. The number of nitrogens with zero attached hydrogens (tertiary/aromatic N) is 4. The highest BCUT2D eigenvalue weighted by Crippen LogP contribution is 2.35. The SMILES string of the molecule is Cc1onc(-c2ccccc2Cl)c1C(=O)N1CCCCCC1c1ccn(C)n1. The lowest BCUT2D eigenvalue weighted by molar-refractivity contribution is 0.0675. The largest absolute Gasteiger partial charge is 0.360 e. The van der Waals surface area contributed by atoms with Crippen molar-refractivity contribution in [3.63, 3.8) is 0 Å². The van der Waals surface area contributed by atoms with Crippen molar-refractivity contribution in [1.29, 1.82) is 0 Å². The molecule has 1 amide bonds. The molecule has 0 bridgehead atoms. The van der Waals surface area contributed by atoms with Crippen molar-refractivity contribution < 1.29 is 9.32 Å². The molecule has 0 saturated carbocycles. The zero-order valence-corrected chi connectivity index (χ0v) is 16.8. The van der Waals surface area contributed by atoms with Crippen LogP contribution in [-0.4, -0.2) is 32.3 Å². The monoisotopic (exact) mass is 398 g/mol. The Morgan fingerprint density at radius 2 is 2.04 bits per heavy atom. The first-order valence-corrected chi connectivity index (χ1v) is 9.95. The van der Waals surface area contributed by atoms with E-state index in [4.69, 9.17) is 16.1 Å². The third-order valence-corrected chi connectivity index (χ3v) is 5.62. The van der Waals surface area contributed by atoms with Gasteiger partial charge in [0.25, 0.3) is 5.91 Å². The van der Waals surface area contributed by atoms with Crippen LogP contribution < -0.4 is 0 Å². The lowest BCUT2D eigenvalue weighted by atomic mass is 10.0. The molecule has 7 heteroatoms. The molecule has 3 heterocycles. The zero-order valence-electron chi connectivity index (χ0n) is 16.1. The third-order valence-electron chi connectivity index (χ3n) is 5.29. The van der Waals surface area contributed by atoms with E-state index in [1.54, 1.807) is 17.7 Å². The molecule has 1 atom stereocenters. The molecule has 0 radical (unpaired) electrons. The standard InChI is InChI=1S/C21H23ClN4O2/c1-14-19(20(24-28-14)15-8-5-6-9-16(15)22)21(27)26-12-7-3-4-10-18(26)17-11-13-25(2)23-17/h5-6,8-9,11,13,18H,3-4,7,10,12H2,1-2H3. The van der Waals surface area contributed by atoms with Gasteiger partial charge >= 0.3 is 0 Å². The molecule has 1 fully saturated rings. The minimum absolute atomic E-state index is 0.0513. The van der Waals surface area contributed by atoms with Crippen molar-refractivity contribution >= 4 is 17.5 Å². The van der Waals surface area contributed by atoms with Gasteiger partial charge in [0.2, 0.25) is 0 Å². The van der Waals surface area contributed by atoms with Crippen LogP contribution in [0.25, 0.3) is 11.3 Å². The summed E-state index contributed by atoms with van der Waals surface area (Å²) in [5, 5.41) is 9.27. The first kappa shape index (κ1) is 18.7. The average molecular weight is 399 g/mol. The van der Waals surface area contributed by atoms with E-state index in [-0.39, 0.29) is 11.9 Å². The Morgan fingerprint density at radius 1 is 1.21 bits per heavy atom. The number of likely N-dealkylation sites (tertiary alicyclic amines) is 1. The number of rotatable bonds is 3. The van der Waals surface area contributed by atoms with Gasteiger partial charge in [0.05, 0.1) is 16.8 Å². The van der Waals surface area contributed by atoms with Crippen LogP contribution in [-0.2, 0) is 7.05 Å². The maximum atomic E-state index is 13.7. The van der Waals surface area contributed by atoms with E-state index in [2.05, 4.69) is 10.3 Å². The fraction of sp³-hybridized carbons (Fsp3) is 0.381. The second-order valence-electron chi connectivity index (χ2n) is 7.22. The summed E-state index contributed by atoms with van der Waals surface area (Å²) in [4.78, 5) is 15.6. The Balaban J connectivity index is 1.75. The van der Waals surface area contributed by atoms with E-state index in [1.165, 1.54) is 0 Å². The van der Waals surface area contributed by atoms with E-state index in [1.807, 2.05) is 42.4 Å². The van der Waals surface area contributed by atoms with Crippen molar-refractivity contribution in [2.45, 2.75) is 38.6 Å². The van der Waals surface area contributed by atoms with Crippen LogP contribution in [0, 0.1) is 6.92 Å². The molecule has 1 aliphatic heterocycles. The molecule has 0 spiro atoms. The number of aryl methyl sites for hydroxylation is 2. The van der Waals surface area contributed by atoms with Crippen molar-refractivity contribution in [2.75, 3.05) is 6.54 Å². The molecule has 6 nitrogen and oxygen atoms in total.